The Kier molecular flexibility index (Phi) is 8.21. The van der Waals surface area contributed by atoms with Crippen LogP contribution in [0.5, 0.6) is 0 Å². The van der Waals surface area contributed by atoms with Gasteiger partial charge in [0, 0.05) is 13.5 Å². The Morgan fingerprint density at radius 3 is 2.31 bits per heavy atom. The van der Waals surface area contributed by atoms with E-state index in [4.69, 9.17) is 9.47 Å². The van der Waals surface area contributed by atoms with Gasteiger partial charge in [0.25, 0.3) is 5.91 Å². The summed E-state index contributed by atoms with van der Waals surface area (Å²) in [6.07, 6.45) is 0.642. The second-order valence-corrected chi connectivity index (χ2v) is 7.51. The molecular weight excluding hydrogens is 410 g/mol. The van der Waals surface area contributed by atoms with Crippen molar-refractivity contribution in [3.63, 3.8) is 0 Å². The summed E-state index contributed by atoms with van der Waals surface area (Å²) in [5.74, 6) is -0.525. The van der Waals surface area contributed by atoms with Gasteiger partial charge in [-0.3, -0.25) is 9.59 Å². The van der Waals surface area contributed by atoms with Crippen molar-refractivity contribution in [3.8, 4) is 0 Å². The van der Waals surface area contributed by atoms with E-state index >= 15 is 0 Å². The first-order valence-electron chi connectivity index (χ1n) is 10.8. The van der Waals surface area contributed by atoms with Crippen molar-refractivity contribution in [1.82, 2.24) is 10.3 Å². The van der Waals surface area contributed by atoms with Crippen molar-refractivity contribution in [3.05, 3.63) is 66.2 Å². The summed E-state index contributed by atoms with van der Waals surface area (Å²) < 4.78 is 10.3. The van der Waals surface area contributed by atoms with E-state index in [1.54, 1.807) is 19.0 Å². The zero-order valence-electron chi connectivity index (χ0n) is 18.4. The molecule has 2 aromatic rings. The first-order chi connectivity index (χ1) is 15.5. The molecule has 1 heterocycles. The fourth-order valence-corrected chi connectivity index (χ4v) is 3.79. The van der Waals surface area contributed by atoms with Crippen LogP contribution in [0.2, 0.25) is 0 Å². The van der Waals surface area contributed by atoms with E-state index in [1.807, 2.05) is 65.7 Å². The molecule has 0 spiro atoms. The van der Waals surface area contributed by atoms with Crippen molar-refractivity contribution in [2.45, 2.75) is 44.9 Å². The van der Waals surface area contributed by atoms with Crippen molar-refractivity contribution >= 4 is 23.7 Å². The summed E-state index contributed by atoms with van der Waals surface area (Å²) >= 11 is 0. The highest BCUT2D eigenvalue weighted by atomic mass is 16.5. The van der Waals surface area contributed by atoms with Gasteiger partial charge in [0.05, 0.1) is 18.3 Å². The van der Waals surface area contributed by atoms with Crippen LogP contribution in [0.25, 0.3) is 0 Å². The number of hydrazine groups is 1. The zero-order valence-corrected chi connectivity index (χ0v) is 18.4. The Balaban J connectivity index is 1.69. The smallest absolute Gasteiger partial charge is 0.408 e. The first-order valence-corrected chi connectivity index (χ1v) is 10.8. The van der Waals surface area contributed by atoms with Crippen LogP contribution in [-0.2, 0) is 25.7 Å². The fourth-order valence-electron chi connectivity index (χ4n) is 3.79. The SMILES string of the molecule is CCOC(=O)CCCC1C(NC(=O)OCc2ccccc2)C(=O)N(c2ccccc2)N1C. The van der Waals surface area contributed by atoms with Gasteiger partial charge in [0.2, 0.25) is 0 Å². The lowest BCUT2D eigenvalue weighted by Gasteiger charge is -2.28. The lowest BCUT2D eigenvalue weighted by Crippen LogP contribution is -2.47. The summed E-state index contributed by atoms with van der Waals surface area (Å²) in [5.41, 5.74) is 1.56. The third-order valence-corrected chi connectivity index (χ3v) is 5.33. The van der Waals surface area contributed by atoms with Gasteiger partial charge in [-0.1, -0.05) is 48.5 Å². The quantitative estimate of drug-likeness (QED) is 0.604. The van der Waals surface area contributed by atoms with E-state index in [2.05, 4.69) is 5.32 Å². The topological polar surface area (TPSA) is 88.2 Å². The third kappa shape index (κ3) is 5.85. The van der Waals surface area contributed by atoms with Crippen LogP contribution in [0.3, 0.4) is 0 Å². The van der Waals surface area contributed by atoms with Gasteiger partial charge in [-0.15, -0.1) is 0 Å². The number of anilines is 1. The fraction of sp³-hybridized carbons (Fsp3) is 0.375. The van der Waals surface area contributed by atoms with Crippen molar-refractivity contribution < 1.29 is 23.9 Å². The Morgan fingerprint density at radius 1 is 1.00 bits per heavy atom. The predicted octanol–water partition coefficient (Wildman–Crippen LogP) is 3.28. The molecular formula is C24H29N3O5. The number of benzene rings is 2. The number of para-hydroxylation sites is 1. The Bertz CT molecular complexity index is 906. The normalized spacial score (nSPS) is 18.4. The lowest BCUT2D eigenvalue weighted by atomic mass is 10.0. The molecule has 1 aliphatic heterocycles. The number of hydrogen-bond acceptors (Lipinski definition) is 6. The minimum absolute atomic E-state index is 0.110. The Morgan fingerprint density at radius 2 is 1.66 bits per heavy atom. The van der Waals surface area contributed by atoms with E-state index in [9.17, 15) is 14.4 Å². The summed E-state index contributed by atoms with van der Waals surface area (Å²) in [6, 6.07) is 17.4. The molecule has 0 saturated carbocycles. The minimum Gasteiger partial charge on any atom is -0.466 e. The van der Waals surface area contributed by atoms with Crippen LogP contribution < -0.4 is 10.3 Å². The number of rotatable bonds is 9. The lowest BCUT2D eigenvalue weighted by molar-refractivity contribution is -0.143. The van der Waals surface area contributed by atoms with E-state index in [-0.39, 0.29) is 30.9 Å². The van der Waals surface area contributed by atoms with Gasteiger partial charge in [0.15, 0.2) is 0 Å². The molecule has 0 bridgehead atoms. The molecule has 1 fully saturated rings. The van der Waals surface area contributed by atoms with Gasteiger partial charge in [-0.25, -0.2) is 14.8 Å². The van der Waals surface area contributed by atoms with Crippen LogP contribution in [0.1, 0.15) is 31.7 Å². The molecule has 2 unspecified atom stereocenters. The summed E-state index contributed by atoms with van der Waals surface area (Å²) in [6.45, 7) is 2.21. The highest BCUT2D eigenvalue weighted by Crippen LogP contribution is 2.28. The number of carbonyl (C=O) groups is 3. The molecule has 2 aromatic carbocycles. The highest BCUT2D eigenvalue weighted by molar-refractivity contribution is 6.00. The van der Waals surface area contributed by atoms with Gasteiger partial charge in [0.1, 0.15) is 12.6 Å². The van der Waals surface area contributed by atoms with E-state index < -0.39 is 12.1 Å². The maximum atomic E-state index is 13.3. The van der Waals surface area contributed by atoms with Gasteiger partial charge in [-0.05, 0) is 37.5 Å². The minimum atomic E-state index is -0.800. The molecule has 1 saturated heterocycles. The Labute approximate surface area is 188 Å². The maximum Gasteiger partial charge on any atom is 0.408 e. The molecule has 2 amide bonds. The number of hydrogen-bond donors (Lipinski definition) is 1. The van der Waals surface area contributed by atoms with Crippen LogP contribution >= 0.6 is 0 Å². The second kappa shape index (κ2) is 11.3. The number of ether oxygens (including phenoxy) is 2. The predicted molar refractivity (Wildman–Crippen MR) is 120 cm³/mol. The second-order valence-electron chi connectivity index (χ2n) is 7.51. The summed E-state index contributed by atoms with van der Waals surface area (Å²) in [4.78, 5) is 37.5. The van der Waals surface area contributed by atoms with Gasteiger partial charge in [-0.2, -0.15) is 0 Å². The monoisotopic (exact) mass is 439 g/mol. The number of nitrogens with zero attached hydrogens (tertiary/aromatic N) is 2. The average molecular weight is 440 g/mol. The van der Waals surface area contributed by atoms with Crippen LogP contribution in [0.4, 0.5) is 10.5 Å². The van der Waals surface area contributed by atoms with Crippen molar-refractivity contribution in [2.24, 2.45) is 0 Å². The highest BCUT2D eigenvalue weighted by Gasteiger charge is 2.46. The van der Waals surface area contributed by atoms with E-state index in [0.717, 1.165) is 5.56 Å². The van der Waals surface area contributed by atoms with Gasteiger partial charge >= 0.3 is 12.1 Å². The molecule has 170 valence electrons. The number of carbonyl (C=O) groups excluding carboxylic acids is 3. The van der Waals surface area contributed by atoms with Crippen LogP contribution in [0.15, 0.2) is 60.7 Å². The van der Waals surface area contributed by atoms with Crippen LogP contribution in [0, 0.1) is 0 Å². The first kappa shape index (κ1) is 23.3. The molecule has 32 heavy (non-hydrogen) atoms. The molecule has 8 heteroatoms. The molecule has 1 aliphatic rings. The molecule has 1 N–H and O–H groups in total. The maximum absolute atomic E-state index is 13.3. The number of nitrogens with one attached hydrogen (secondary N) is 1. The average Bonchev–Trinajstić information content (AvgIpc) is 3.03. The van der Waals surface area contributed by atoms with Crippen LogP contribution in [-0.4, -0.2) is 48.7 Å². The standard InChI is InChI=1S/C24H29N3O5/c1-3-31-21(28)16-10-15-20-22(25-24(30)32-17-18-11-6-4-7-12-18)23(29)27(26(20)2)19-13-8-5-9-14-19/h4-9,11-14,20,22H,3,10,15-17H2,1-2H3,(H,25,30). The number of amides is 2. The molecule has 3 rings (SSSR count). The Hall–Kier alpha value is -3.39. The number of likely N-dealkylation sites (N-methyl/N-ethyl adjacent to an activating group) is 1. The molecule has 8 nitrogen and oxygen atoms in total. The van der Waals surface area contributed by atoms with Gasteiger partial charge < -0.3 is 14.8 Å². The summed E-state index contributed by atoms with van der Waals surface area (Å²) in [7, 11) is 1.80. The van der Waals surface area contributed by atoms with E-state index in [0.29, 0.717) is 25.1 Å². The number of esters is 1. The molecule has 0 aliphatic carbocycles. The summed E-state index contributed by atoms with van der Waals surface area (Å²) in [5, 5.41) is 6.10. The van der Waals surface area contributed by atoms with Crippen molar-refractivity contribution in [1.29, 1.82) is 0 Å². The zero-order chi connectivity index (χ0) is 22.9. The van der Waals surface area contributed by atoms with Crippen molar-refractivity contribution in [2.75, 3.05) is 18.7 Å². The largest absolute Gasteiger partial charge is 0.466 e. The molecule has 0 radical (unpaired) electrons. The molecule has 2 atom stereocenters. The molecule has 0 aromatic heterocycles. The third-order valence-electron chi connectivity index (χ3n) is 5.33. The van der Waals surface area contributed by atoms with E-state index in [1.165, 1.54) is 0 Å². The number of alkyl carbamates (subject to hydrolysis) is 1.